The molecule has 4 rings (SSSR count). The Labute approximate surface area is 170 Å². The Bertz CT molecular complexity index is 1010. The van der Waals surface area contributed by atoms with E-state index < -0.39 is 0 Å². The van der Waals surface area contributed by atoms with E-state index in [2.05, 4.69) is 14.9 Å². The molecule has 0 radical (unpaired) electrons. The number of aryl methyl sites for hydroxylation is 1. The molecule has 0 amide bonds. The Hall–Kier alpha value is -2.99. The first-order chi connectivity index (χ1) is 14.1. The van der Waals surface area contributed by atoms with Gasteiger partial charge in [0.2, 0.25) is 0 Å². The normalized spacial score (nSPS) is 15.9. The van der Waals surface area contributed by atoms with Crippen molar-refractivity contribution in [2.24, 2.45) is 0 Å². The molecule has 0 bridgehead atoms. The van der Waals surface area contributed by atoms with Crippen molar-refractivity contribution in [3.63, 3.8) is 0 Å². The maximum Gasteiger partial charge on any atom is 0.259 e. The molecular weight excluding hydrogens is 364 g/mol. The summed E-state index contributed by atoms with van der Waals surface area (Å²) < 4.78 is 1.73. The topological polar surface area (TPSA) is 71.2 Å². The van der Waals surface area contributed by atoms with Crippen LogP contribution < -0.4 is 5.56 Å². The first-order valence-electron chi connectivity index (χ1n) is 10.1. The van der Waals surface area contributed by atoms with Crippen molar-refractivity contribution in [2.75, 3.05) is 13.1 Å². The zero-order valence-corrected chi connectivity index (χ0v) is 16.7. The highest BCUT2D eigenvalue weighted by atomic mass is 16.3. The first-order valence-corrected chi connectivity index (χ1v) is 10.1. The lowest BCUT2D eigenvalue weighted by Crippen LogP contribution is -2.38. The van der Waals surface area contributed by atoms with Crippen molar-refractivity contribution in [3.8, 4) is 5.75 Å². The van der Waals surface area contributed by atoms with Gasteiger partial charge in [0.1, 0.15) is 5.75 Å². The number of piperidine rings is 1. The number of aromatic nitrogens is 3. The van der Waals surface area contributed by atoms with Crippen LogP contribution in [0.3, 0.4) is 0 Å². The highest BCUT2D eigenvalue weighted by Gasteiger charge is 2.30. The van der Waals surface area contributed by atoms with Gasteiger partial charge in [-0.25, -0.2) is 0 Å². The summed E-state index contributed by atoms with van der Waals surface area (Å²) in [5.41, 5.74) is 2.94. The molecule has 6 nitrogen and oxygen atoms in total. The van der Waals surface area contributed by atoms with Crippen molar-refractivity contribution in [1.29, 1.82) is 0 Å². The van der Waals surface area contributed by atoms with E-state index in [1.807, 2.05) is 31.2 Å². The number of aromatic hydroxyl groups is 1. The minimum Gasteiger partial charge on any atom is -0.507 e. The van der Waals surface area contributed by atoms with Crippen molar-refractivity contribution >= 4 is 0 Å². The molecule has 6 heteroatoms. The van der Waals surface area contributed by atoms with Gasteiger partial charge in [-0.2, -0.15) is 0 Å². The van der Waals surface area contributed by atoms with E-state index in [4.69, 9.17) is 0 Å². The molecule has 1 fully saturated rings. The molecule has 3 aromatic rings. The van der Waals surface area contributed by atoms with Crippen LogP contribution in [0.15, 0.2) is 59.9 Å². The molecule has 150 valence electrons. The minimum absolute atomic E-state index is 0.0577. The lowest BCUT2D eigenvalue weighted by molar-refractivity contribution is 0.183. The van der Waals surface area contributed by atoms with Gasteiger partial charge in [0.25, 0.3) is 5.56 Å². The zero-order chi connectivity index (χ0) is 20.2. The third-order valence-electron chi connectivity index (χ3n) is 5.64. The van der Waals surface area contributed by atoms with Gasteiger partial charge in [-0.05, 0) is 68.2 Å². The molecule has 1 aliphatic rings. The minimum atomic E-state index is -0.286. The summed E-state index contributed by atoms with van der Waals surface area (Å²) in [4.78, 5) is 24.2. The van der Waals surface area contributed by atoms with Crippen LogP contribution in [0.5, 0.6) is 5.75 Å². The molecule has 3 aromatic heterocycles. The lowest BCUT2D eigenvalue weighted by Gasteiger charge is -2.35. The predicted molar refractivity (Wildman–Crippen MR) is 112 cm³/mol. The summed E-state index contributed by atoms with van der Waals surface area (Å²) in [7, 11) is 0. The summed E-state index contributed by atoms with van der Waals surface area (Å²) in [6.45, 7) is 4.09. The molecule has 0 aliphatic carbocycles. The van der Waals surface area contributed by atoms with E-state index in [-0.39, 0.29) is 17.4 Å². The maximum atomic E-state index is 13.6. The van der Waals surface area contributed by atoms with Crippen LogP contribution in [0.25, 0.3) is 0 Å². The van der Waals surface area contributed by atoms with E-state index in [1.165, 1.54) is 6.42 Å². The fourth-order valence-corrected chi connectivity index (χ4v) is 4.18. The van der Waals surface area contributed by atoms with Gasteiger partial charge in [-0.3, -0.25) is 19.7 Å². The molecule has 4 heterocycles. The molecule has 0 saturated carbocycles. The standard InChI is InChI=1S/C23H26N4O2/c1-17-14-20(28)21(23(29)27(17)16-18-6-5-9-25-15-18)22(19-7-10-24-11-8-19)26-12-3-2-4-13-26/h5-11,14-15,22,28H,2-4,12-13,16H2,1H3. The van der Waals surface area contributed by atoms with Crippen molar-refractivity contribution in [2.45, 2.75) is 38.8 Å². The van der Waals surface area contributed by atoms with Crippen LogP contribution in [-0.4, -0.2) is 37.6 Å². The van der Waals surface area contributed by atoms with Crippen molar-refractivity contribution in [1.82, 2.24) is 19.4 Å². The number of hydrogen-bond donors (Lipinski definition) is 1. The van der Waals surface area contributed by atoms with E-state index in [0.717, 1.165) is 42.8 Å². The summed E-state index contributed by atoms with van der Waals surface area (Å²) >= 11 is 0. The third-order valence-corrected chi connectivity index (χ3v) is 5.64. The summed E-state index contributed by atoms with van der Waals surface area (Å²) in [6, 6.07) is 9.10. The zero-order valence-electron chi connectivity index (χ0n) is 16.7. The Kier molecular flexibility index (Phi) is 5.71. The summed E-state index contributed by atoms with van der Waals surface area (Å²) in [5, 5.41) is 10.9. The fourth-order valence-electron chi connectivity index (χ4n) is 4.18. The number of likely N-dealkylation sites (tertiary alicyclic amines) is 1. The van der Waals surface area contributed by atoms with E-state index in [1.54, 1.807) is 35.4 Å². The van der Waals surface area contributed by atoms with Crippen molar-refractivity contribution in [3.05, 3.63) is 87.9 Å². The molecule has 1 N–H and O–H groups in total. The van der Waals surface area contributed by atoms with Crippen LogP contribution in [0, 0.1) is 6.92 Å². The van der Waals surface area contributed by atoms with E-state index >= 15 is 0 Å². The van der Waals surface area contributed by atoms with Crippen LogP contribution in [-0.2, 0) is 6.54 Å². The lowest BCUT2D eigenvalue weighted by atomic mass is 9.95. The molecule has 29 heavy (non-hydrogen) atoms. The predicted octanol–water partition coefficient (Wildman–Crippen LogP) is 3.28. The molecule has 1 atom stereocenters. The van der Waals surface area contributed by atoms with Gasteiger partial charge < -0.3 is 9.67 Å². The fraction of sp³-hybridized carbons (Fsp3) is 0.348. The number of nitrogens with zero attached hydrogens (tertiary/aromatic N) is 4. The number of pyridine rings is 3. The molecule has 1 saturated heterocycles. The molecule has 1 unspecified atom stereocenters. The second-order valence-corrected chi connectivity index (χ2v) is 7.62. The summed E-state index contributed by atoms with van der Waals surface area (Å²) in [6.07, 6.45) is 10.4. The Morgan fingerprint density at radius 1 is 1.07 bits per heavy atom. The van der Waals surface area contributed by atoms with E-state index in [9.17, 15) is 9.90 Å². The van der Waals surface area contributed by atoms with Crippen molar-refractivity contribution < 1.29 is 5.11 Å². The average molecular weight is 390 g/mol. The number of rotatable bonds is 5. The van der Waals surface area contributed by atoms with Crippen LogP contribution in [0.1, 0.15) is 47.7 Å². The third kappa shape index (κ3) is 4.07. The molecule has 0 aromatic carbocycles. The monoisotopic (exact) mass is 390 g/mol. The van der Waals surface area contributed by atoms with Crippen LogP contribution in [0.4, 0.5) is 0 Å². The van der Waals surface area contributed by atoms with Gasteiger partial charge in [0, 0.05) is 30.5 Å². The Morgan fingerprint density at radius 3 is 2.52 bits per heavy atom. The van der Waals surface area contributed by atoms with Gasteiger partial charge >= 0.3 is 0 Å². The van der Waals surface area contributed by atoms with E-state index in [0.29, 0.717) is 12.1 Å². The SMILES string of the molecule is Cc1cc(O)c(C(c2ccncc2)N2CCCCC2)c(=O)n1Cc1cccnc1. The molecule has 1 aliphatic heterocycles. The smallest absolute Gasteiger partial charge is 0.259 e. The molecule has 0 spiro atoms. The summed E-state index contributed by atoms with van der Waals surface area (Å²) in [5.74, 6) is 0.0577. The first kappa shape index (κ1) is 19.3. The second kappa shape index (κ2) is 8.57. The largest absolute Gasteiger partial charge is 0.507 e. The van der Waals surface area contributed by atoms with Gasteiger partial charge in [0.15, 0.2) is 0 Å². The Balaban J connectivity index is 1.84. The van der Waals surface area contributed by atoms with Gasteiger partial charge in [-0.15, -0.1) is 0 Å². The number of hydrogen-bond acceptors (Lipinski definition) is 5. The highest BCUT2D eigenvalue weighted by Crippen LogP contribution is 2.34. The van der Waals surface area contributed by atoms with Crippen LogP contribution >= 0.6 is 0 Å². The second-order valence-electron chi connectivity index (χ2n) is 7.62. The van der Waals surface area contributed by atoms with Gasteiger partial charge in [-0.1, -0.05) is 12.5 Å². The molecular formula is C23H26N4O2. The van der Waals surface area contributed by atoms with Crippen LogP contribution in [0.2, 0.25) is 0 Å². The quantitative estimate of drug-likeness (QED) is 0.724. The maximum absolute atomic E-state index is 13.6. The van der Waals surface area contributed by atoms with Gasteiger partial charge in [0.05, 0.1) is 18.2 Å². The highest BCUT2D eigenvalue weighted by molar-refractivity contribution is 5.41. The Morgan fingerprint density at radius 2 is 1.83 bits per heavy atom. The average Bonchev–Trinajstić information content (AvgIpc) is 2.76.